The minimum Gasteiger partial charge on any atom is -0.507 e. The van der Waals surface area contributed by atoms with Gasteiger partial charge in [-0.3, -0.25) is 9.59 Å². The molecule has 3 rings (SSSR count). The van der Waals surface area contributed by atoms with Gasteiger partial charge in [-0.2, -0.15) is 0 Å². The number of aliphatic hydroxyl groups excluding tert-OH is 1. The zero-order valence-corrected chi connectivity index (χ0v) is 18.1. The van der Waals surface area contributed by atoms with Crippen molar-refractivity contribution in [2.75, 3.05) is 27.4 Å². The van der Waals surface area contributed by atoms with Crippen molar-refractivity contribution in [1.29, 1.82) is 0 Å². The van der Waals surface area contributed by atoms with E-state index in [1.54, 1.807) is 31.4 Å². The molecule has 1 atom stereocenters. The highest BCUT2D eigenvalue weighted by Gasteiger charge is 2.46. The molecule has 31 heavy (non-hydrogen) atoms. The number of rotatable bonds is 7. The first kappa shape index (κ1) is 22.4. The van der Waals surface area contributed by atoms with Crippen molar-refractivity contribution in [3.05, 3.63) is 64.2 Å². The molecule has 1 aliphatic rings. The van der Waals surface area contributed by atoms with E-state index in [2.05, 4.69) is 0 Å². The van der Waals surface area contributed by atoms with Crippen LogP contribution in [0.5, 0.6) is 11.5 Å². The zero-order valence-electron chi connectivity index (χ0n) is 18.1. The first-order valence-electron chi connectivity index (χ1n) is 10.0. The molecule has 0 spiro atoms. The zero-order chi connectivity index (χ0) is 22.7. The molecular weight excluding hydrogens is 398 g/mol. The van der Waals surface area contributed by atoms with Gasteiger partial charge in [-0.1, -0.05) is 18.2 Å². The number of methoxy groups -OCH3 is 2. The van der Waals surface area contributed by atoms with E-state index in [1.165, 1.54) is 18.1 Å². The van der Waals surface area contributed by atoms with Crippen LogP contribution in [0.15, 0.2) is 42.0 Å². The predicted octanol–water partition coefficient (Wildman–Crippen LogP) is 3.48. The second kappa shape index (κ2) is 9.22. The summed E-state index contributed by atoms with van der Waals surface area (Å²) < 4.78 is 10.2. The van der Waals surface area contributed by atoms with E-state index in [0.29, 0.717) is 24.2 Å². The number of likely N-dealkylation sites (tertiary alicyclic amines) is 1. The van der Waals surface area contributed by atoms with E-state index >= 15 is 0 Å². The van der Waals surface area contributed by atoms with Crippen LogP contribution in [-0.2, 0) is 14.3 Å². The van der Waals surface area contributed by atoms with E-state index < -0.39 is 17.7 Å². The van der Waals surface area contributed by atoms with Gasteiger partial charge in [0.05, 0.1) is 18.7 Å². The molecule has 0 bridgehead atoms. The lowest BCUT2D eigenvalue weighted by Crippen LogP contribution is -2.31. The van der Waals surface area contributed by atoms with Crippen LogP contribution in [0.3, 0.4) is 0 Å². The van der Waals surface area contributed by atoms with E-state index in [1.807, 2.05) is 19.9 Å². The number of carbonyl (C=O) groups is 2. The highest BCUT2D eigenvalue weighted by atomic mass is 16.5. The molecule has 0 saturated carbocycles. The van der Waals surface area contributed by atoms with Gasteiger partial charge in [0, 0.05) is 25.8 Å². The molecule has 0 aliphatic carbocycles. The maximum absolute atomic E-state index is 13.0. The van der Waals surface area contributed by atoms with Crippen molar-refractivity contribution in [3.8, 4) is 11.5 Å². The minimum atomic E-state index is -0.838. The van der Waals surface area contributed by atoms with Gasteiger partial charge >= 0.3 is 0 Å². The molecule has 0 radical (unpaired) electrons. The Bertz CT molecular complexity index is 1040. The van der Waals surface area contributed by atoms with Crippen LogP contribution < -0.4 is 4.74 Å². The number of ketones is 1. The lowest BCUT2D eigenvalue weighted by Gasteiger charge is -2.25. The summed E-state index contributed by atoms with van der Waals surface area (Å²) in [7, 11) is 3.00. The molecule has 164 valence electrons. The molecule has 1 unspecified atom stereocenters. The summed E-state index contributed by atoms with van der Waals surface area (Å²) >= 11 is 0. The Morgan fingerprint density at radius 1 is 1.06 bits per heavy atom. The highest BCUT2D eigenvalue weighted by Crippen LogP contribution is 2.41. The fourth-order valence-corrected chi connectivity index (χ4v) is 3.76. The van der Waals surface area contributed by atoms with Gasteiger partial charge in [-0.25, -0.2) is 0 Å². The van der Waals surface area contributed by atoms with Gasteiger partial charge in [0.15, 0.2) is 11.5 Å². The number of ether oxygens (including phenoxy) is 2. The number of Topliss-reactive ketones (excluding diaryl/α,β-unsaturated/α-hetero) is 1. The molecule has 0 aromatic heterocycles. The third kappa shape index (κ3) is 4.27. The number of hydrogen-bond acceptors (Lipinski definition) is 6. The molecular formula is C24H27NO6. The molecule has 7 nitrogen and oxygen atoms in total. The average molecular weight is 425 g/mol. The van der Waals surface area contributed by atoms with Crippen LogP contribution in [0.25, 0.3) is 5.76 Å². The summed E-state index contributed by atoms with van der Waals surface area (Å²) in [5.74, 6) is -1.53. The Hall–Kier alpha value is -3.32. The second-order valence-corrected chi connectivity index (χ2v) is 7.57. The standard InChI is InChI=1S/C24H27NO6/c1-14-6-7-17(12-15(14)2)22(27)20-21(16-8-9-19(31-4)18(26)13-16)25(10-5-11-30-3)24(29)23(20)28/h6-9,12-13,21,26-27H,5,10-11H2,1-4H3/b22-20-. The highest BCUT2D eigenvalue weighted by molar-refractivity contribution is 6.46. The van der Waals surface area contributed by atoms with Crippen LogP contribution in [0.1, 0.15) is 34.7 Å². The fourth-order valence-electron chi connectivity index (χ4n) is 3.76. The Morgan fingerprint density at radius 3 is 2.42 bits per heavy atom. The lowest BCUT2D eigenvalue weighted by atomic mass is 9.94. The Labute approximate surface area is 181 Å². The summed E-state index contributed by atoms with van der Waals surface area (Å²) in [5, 5.41) is 21.4. The van der Waals surface area contributed by atoms with Crippen molar-refractivity contribution in [1.82, 2.24) is 4.90 Å². The maximum Gasteiger partial charge on any atom is 0.295 e. The fraction of sp³-hybridized carbons (Fsp3) is 0.333. The van der Waals surface area contributed by atoms with Crippen LogP contribution in [0.2, 0.25) is 0 Å². The Morgan fingerprint density at radius 2 is 1.81 bits per heavy atom. The second-order valence-electron chi connectivity index (χ2n) is 7.57. The summed E-state index contributed by atoms with van der Waals surface area (Å²) in [6.45, 7) is 4.54. The largest absolute Gasteiger partial charge is 0.507 e. The number of benzene rings is 2. The number of amides is 1. The van der Waals surface area contributed by atoms with E-state index in [4.69, 9.17) is 9.47 Å². The van der Waals surface area contributed by atoms with Gasteiger partial charge < -0.3 is 24.6 Å². The molecule has 2 aromatic carbocycles. The SMILES string of the molecule is COCCCN1C(=O)C(=O)/C(=C(\O)c2ccc(C)c(C)c2)C1c1ccc(OC)c(O)c1. The first-order chi connectivity index (χ1) is 14.8. The maximum atomic E-state index is 13.0. The molecule has 7 heteroatoms. The van der Waals surface area contributed by atoms with Crippen molar-refractivity contribution < 1.29 is 29.3 Å². The summed E-state index contributed by atoms with van der Waals surface area (Å²) in [5.41, 5.74) is 2.96. The summed E-state index contributed by atoms with van der Waals surface area (Å²) in [6.07, 6.45) is 0.520. The van der Waals surface area contributed by atoms with Crippen molar-refractivity contribution in [2.24, 2.45) is 0 Å². The molecule has 1 heterocycles. The van der Waals surface area contributed by atoms with Crippen LogP contribution in [0, 0.1) is 13.8 Å². The molecule has 1 fully saturated rings. The monoisotopic (exact) mass is 425 g/mol. The van der Waals surface area contributed by atoms with E-state index in [9.17, 15) is 19.8 Å². The number of nitrogens with zero attached hydrogens (tertiary/aromatic N) is 1. The molecule has 1 aliphatic heterocycles. The number of carbonyl (C=O) groups excluding carboxylic acids is 2. The summed E-state index contributed by atoms with van der Waals surface area (Å²) in [4.78, 5) is 27.3. The van der Waals surface area contributed by atoms with E-state index in [0.717, 1.165) is 11.1 Å². The Balaban J connectivity index is 2.16. The van der Waals surface area contributed by atoms with Crippen molar-refractivity contribution in [3.63, 3.8) is 0 Å². The average Bonchev–Trinajstić information content (AvgIpc) is 3.00. The quantitative estimate of drug-likeness (QED) is 0.305. The molecule has 1 saturated heterocycles. The van der Waals surface area contributed by atoms with Gasteiger partial charge in [0.1, 0.15) is 5.76 Å². The van der Waals surface area contributed by atoms with Crippen LogP contribution in [0.4, 0.5) is 0 Å². The third-order valence-corrected chi connectivity index (χ3v) is 5.59. The number of aliphatic hydroxyl groups is 1. The molecule has 2 aromatic rings. The number of phenols is 1. The number of phenolic OH excluding ortho intramolecular Hbond substituents is 1. The lowest BCUT2D eigenvalue weighted by molar-refractivity contribution is -0.140. The van der Waals surface area contributed by atoms with Gasteiger partial charge in [-0.15, -0.1) is 0 Å². The van der Waals surface area contributed by atoms with E-state index in [-0.39, 0.29) is 29.4 Å². The first-order valence-corrected chi connectivity index (χ1v) is 10.0. The number of aromatic hydroxyl groups is 1. The van der Waals surface area contributed by atoms with Gasteiger partial charge in [0.25, 0.3) is 11.7 Å². The number of hydrogen-bond donors (Lipinski definition) is 2. The molecule has 2 N–H and O–H groups in total. The van der Waals surface area contributed by atoms with Gasteiger partial charge in [0.2, 0.25) is 0 Å². The molecule has 1 amide bonds. The van der Waals surface area contributed by atoms with Gasteiger partial charge in [-0.05, 0) is 55.2 Å². The normalized spacial score (nSPS) is 17.9. The smallest absolute Gasteiger partial charge is 0.295 e. The summed E-state index contributed by atoms with van der Waals surface area (Å²) in [6, 6.07) is 9.21. The van der Waals surface area contributed by atoms with Crippen molar-refractivity contribution >= 4 is 17.4 Å². The van der Waals surface area contributed by atoms with Crippen LogP contribution >= 0.6 is 0 Å². The third-order valence-electron chi connectivity index (χ3n) is 5.59. The predicted molar refractivity (Wildman–Crippen MR) is 116 cm³/mol. The minimum absolute atomic E-state index is 0.00441. The van der Waals surface area contributed by atoms with Crippen LogP contribution in [-0.4, -0.2) is 54.2 Å². The number of aryl methyl sites for hydroxylation is 2. The topological polar surface area (TPSA) is 96.3 Å². The Kier molecular flexibility index (Phi) is 6.65. The van der Waals surface area contributed by atoms with Crippen molar-refractivity contribution in [2.45, 2.75) is 26.3 Å².